The molecule has 3 atom stereocenters. The van der Waals surface area contributed by atoms with Gasteiger partial charge in [-0.3, -0.25) is 4.79 Å². The maximum atomic E-state index is 12.7. The lowest BCUT2D eigenvalue weighted by Gasteiger charge is -2.27. The Labute approximate surface area is 160 Å². The van der Waals surface area contributed by atoms with Crippen LogP contribution in [0.25, 0.3) is 0 Å². The van der Waals surface area contributed by atoms with Crippen molar-refractivity contribution in [2.24, 2.45) is 0 Å². The second kappa shape index (κ2) is 8.52. The lowest BCUT2D eigenvalue weighted by Crippen LogP contribution is -2.45. The zero-order chi connectivity index (χ0) is 19.4. The first-order valence-corrected chi connectivity index (χ1v) is 9.26. The molecule has 1 saturated heterocycles. The zero-order valence-electron chi connectivity index (χ0n) is 16.1. The first kappa shape index (κ1) is 19.4. The number of aryl methyl sites for hydroxylation is 1. The van der Waals surface area contributed by atoms with Crippen LogP contribution in [0.4, 0.5) is 0 Å². The van der Waals surface area contributed by atoms with Crippen LogP contribution in [0.15, 0.2) is 48.5 Å². The molecule has 0 radical (unpaired) electrons. The van der Waals surface area contributed by atoms with Crippen molar-refractivity contribution in [3.05, 3.63) is 65.2 Å². The average Bonchev–Trinajstić information content (AvgIpc) is 3.13. The van der Waals surface area contributed by atoms with Gasteiger partial charge in [0.2, 0.25) is 5.91 Å². The number of benzene rings is 2. The monoisotopic (exact) mass is 368 g/mol. The summed E-state index contributed by atoms with van der Waals surface area (Å²) in [6.45, 7) is 2.63. The Morgan fingerprint density at radius 1 is 1.19 bits per heavy atom. The highest BCUT2D eigenvalue weighted by atomic mass is 16.3. The molecule has 2 aromatic carbocycles. The van der Waals surface area contributed by atoms with Crippen LogP contribution in [-0.4, -0.2) is 42.6 Å². The number of carbonyl (C=O) groups excluding carboxylic acids is 1. The largest absolute Gasteiger partial charge is 0.508 e. The third kappa shape index (κ3) is 4.47. The van der Waals surface area contributed by atoms with Crippen LogP contribution in [0.1, 0.15) is 35.2 Å². The lowest BCUT2D eigenvalue weighted by atomic mass is 9.99. The molecule has 144 valence electrons. The van der Waals surface area contributed by atoms with E-state index in [0.717, 1.165) is 5.56 Å². The van der Waals surface area contributed by atoms with Crippen molar-refractivity contribution in [3.63, 3.8) is 0 Å². The maximum absolute atomic E-state index is 12.7. The van der Waals surface area contributed by atoms with Crippen molar-refractivity contribution in [2.45, 2.75) is 31.5 Å². The van der Waals surface area contributed by atoms with Crippen LogP contribution < -0.4 is 16.2 Å². The van der Waals surface area contributed by atoms with Crippen molar-refractivity contribution >= 4 is 5.91 Å². The van der Waals surface area contributed by atoms with E-state index in [0.29, 0.717) is 13.0 Å². The van der Waals surface area contributed by atoms with Crippen molar-refractivity contribution < 1.29 is 9.90 Å². The first-order chi connectivity index (χ1) is 13.0. The molecule has 6 heteroatoms. The molecule has 4 N–H and O–H groups in total. The van der Waals surface area contributed by atoms with E-state index in [1.54, 1.807) is 12.1 Å². The van der Waals surface area contributed by atoms with Crippen LogP contribution in [0.2, 0.25) is 0 Å². The highest BCUT2D eigenvalue weighted by Gasteiger charge is 2.31. The van der Waals surface area contributed by atoms with E-state index in [-0.39, 0.29) is 29.8 Å². The minimum absolute atomic E-state index is 0.0409. The Bertz CT molecular complexity index is 793. The number of amides is 1. The summed E-state index contributed by atoms with van der Waals surface area (Å²) in [6, 6.07) is 15.1. The van der Waals surface area contributed by atoms with Gasteiger partial charge in [0.15, 0.2) is 0 Å². The van der Waals surface area contributed by atoms with Crippen LogP contribution in [0.5, 0.6) is 5.75 Å². The number of nitrogens with zero attached hydrogens (tertiary/aromatic N) is 1. The van der Waals surface area contributed by atoms with Gasteiger partial charge in [-0.05, 0) is 44.6 Å². The smallest absolute Gasteiger partial charge is 0.238 e. The molecule has 0 saturated carbocycles. The topological polar surface area (TPSA) is 76.6 Å². The van der Waals surface area contributed by atoms with E-state index >= 15 is 0 Å². The van der Waals surface area contributed by atoms with Gasteiger partial charge in [-0.2, -0.15) is 0 Å². The van der Waals surface area contributed by atoms with Gasteiger partial charge in [0, 0.05) is 12.1 Å². The van der Waals surface area contributed by atoms with Crippen molar-refractivity contribution in [1.82, 2.24) is 21.1 Å². The number of carbonyl (C=O) groups is 1. The van der Waals surface area contributed by atoms with Gasteiger partial charge in [-0.15, -0.1) is 0 Å². The number of likely N-dealkylation sites (N-methyl/N-ethyl adjacent to an activating group) is 1. The molecule has 3 unspecified atom stereocenters. The second-order valence-electron chi connectivity index (χ2n) is 7.27. The third-order valence-electron chi connectivity index (χ3n) is 5.17. The number of rotatable bonds is 6. The van der Waals surface area contributed by atoms with Gasteiger partial charge >= 0.3 is 0 Å². The summed E-state index contributed by atoms with van der Waals surface area (Å²) in [6.07, 6.45) is 0.584. The first-order valence-electron chi connectivity index (χ1n) is 9.26. The van der Waals surface area contributed by atoms with Gasteiger partial charge in [-0.25, -0.2) is 10.9 Å². The Morgan fingerprint density at radius 3 is 2.59 bits per heavy atom. The summed E-state index contributed by atoms with van der Waals surface area (Å²) in [5.41, 5.74) is 9.39. The van der Waals surface area contributed by atoms with Gasteiger partial charge in [-0.1, -0.05) is 42.5 Å². The number of phenolic OH excluding ortho intramolecular Hbond substituents is 1. The number of hydrazine groups is 1. The fraction of sp³-hybridized carbons (Fsp3) is 0.381. The van der Waals surface area contributed by atoms with E-state index in [9.17, 15) is 9.90 Å². The molecule has 0 bridgehead atoms. The van der Waals surface area contributed by atoms with Gasteiger partial charge < -0.3 is 15.3 Å². The molecule has 3 rings (SSSR count). The van der Waals surface area contributed by atoms with Crippen LogP contribution in [0, 0.1) is 6.92 Å². The average molecular weight is 368 g/mol. The lowest BCUT2D eigenvalue weighted by molar-refractivity contribution is -0.123. The minimum atomic E-state index is -0.339. The van der Waals surface area contributed by atoms with Crippen LogP contribution in [0.3, 0.4) is 0 Å². The quantitative estimate of drug-likeness (QED) is 0.628. The van der Waals surface area contributed by atoms with Crippen molar-refractivity contribution in [3.8, 4) is 5.75 Å². The predicted octanol–water partition coefficient (Wildman–Crippen LogP) is 2.03. The Hall–Kier alpha value is -2.41. The standard InChI is InChI=1S/C21H28N4O2/c1-14-8-4-5-9-15(14)19(25(2)3)13-22-21(27)18-12-17(23-24-18)16-10-6-7-11-20(16)26/h4-11,17-19,23-24,26H,12-13H2,1-3H3,(H,22,27). The summed E-state index contributed by atoms with van der Waals surface area (Å²) >= 11 is 0. The van der Waals surface area contributed by atoms with Gasteiger partial charge in [0.25, 0.3) is 0 Å². The second-order valence-corrected chi connectivity index (χ2v) is 7.27. The Kier molecular flexibility index (Phi) is 6.11. The van der Waals surface area contributed by atoms with Gasteiger partial charge in [0.1, 0.15) is 11.8 Å². The molecule has 1 aliphatic heterocycles. The van der Waals surface area contributed by atoms with E-state index in [4.69, 9.17) is 0 Å². The molecule has 0 aromatic heterocycles. The molecule has 0 spiro atoms. The Balaban J connectivity index is 1.60. The summed E-state index contributed by atoms with van der Waals surface area (Å²) in [4.78, 5) is 14.8. The molecular formula is C21H28N4O2. The molecule has 1 amide bonds. The molecule has 27 heavy (non-hydrogen) atoms. The van der Waals surface area contributed by atoms with E-state index in [1.807, 2.05) is 38.4 Å². The molecule has 0 aliphatic carbocycles. The number of hydrogen-bond donors (Lipinski definition) is 4. The number of aromatic hydroxyl groups is 1. The normalized spacial score (nSPS) is 20.6. The number of hydrogen-bond acceptors (Lipinski definition) is 5. The molecule has 1 heterocycles. The Morgan fingerprint density at radius 2 is 1.89 bits per heavy atom. The number of para-hydroxylation sites is 1. The zero-order valence-corrected chi connectivity index (χ0v) is 16.1. The highest BCUT2D eigenvalue weighted by molar-refractivity contribution is 5.82. The molecule has 1 aliphatic rings. The van der Waals surface area contributed by atoms with Crippen LogP contribution in [-0.2, 0) is 4.79 Å². The fourth-order valence-corrected chi connectivity index (χ4v) is 3.57. The van der Waals surface area contributed by atoms with Gasteiger partial charge in [0.05, 0.1) is 12.1 Å². The molecule has 2 aromatic rings. The third-order valence-corrected chi connectivity index (χ3v) is 5.17. The molecular weight excluding hydrogens is 340 g/mol. The predicted molar refractivity (Wildman–Crippen MR) is 106 cm³/mol. The van der Waals surface area contributed by atoms with E-state index in [2.05, 4.69) is 40.1 Å². The highest BCUT2D eigenvalue weighted by Crippen LogP contribution is 2.29. The summed E-state index contributed by atoms with van der Waals surface area (Å²) < 4.78 is 0. The summed E-state index contributed by atoms with van der Waals surface area (Å²) in [5.74, 6) is 0.200. The van der Waals surface area contributed by atoms with E-state index < -0.39 is 0 Å². The van der Waals surface area contributed by atoms with E-state index in [1.165, 1.54) is 11.1 Å². The fourth-order valence-electron chi connectivity index (χ4n) is 3.57. The minimum Gasteiger partial charge on any atom is -0.508 e. The molecule has 1 fully saturated rings. The number of phenols is 1. The number of nitrogens with one attached hydrogen (secondary N) is 3. The molecule has 6 nitrogen and oxygen atoms in total. The SMILES string of the molecule is Cc1ccccc1C(CNC(=O)C1CC(c2ccccc2O)NN1)N(C)C. The maximum Gasteiger partial charge on any atom is 0.238 e. The van der Waals surface area contributed by atoms with Crippen LogP contribution >= 0.6 is 0 Å². The van der Waals surface area contributed by atoms with Crippen molar-refractivity contribution in [1.29, 1.82) is 0 Å². The summed E-state index contributed by atoms with van der Waals surface area (Å²) in [7, 11) is 4.04. The summed E-state index contributed by atoms with van der Waals surface area (Å²) in [5, 5.41) is 13.1. The van der Waals surface area contributed by atoms with Crippen molar-refractivity contribution in [2.75, 3.05) is 20.6 Å².